The number of amides is 4. The van der Waals surface area contributed by atoms with Gasteiger partial charge in [-0.2, -0.15) is 0 Å². The van der Waals surface area contributed by atoms with Crippen molar-refractivity contribution in [2.45, 2.75) is 45.6 Å². The lowest BCUT2D eigenvalue weighted by molar-refractivity contribution is -0.122. The van der Waals surface area contributed by atoms with Crippen molar-refractivity contribution in [3.63, 3.8) is 0 Å². The van der Waals surface area contributed by atoms with E-state index in [0.717, 1.165) is 29.1 Å². The van der Waals surface area contributed by atoms with Crippen LogP contribution >= 0.6 is 11.6 Å². The molecule has 2 aromatic carbocycles. The van der Waals surface area contributed by atoms with E-state index in [1.54, 1.807) is 12.1 Å². The van der Waals surface area contributed by atoms with E-state index in [4.69, 9.17) is 21.1 Å². The fourth-order valence-electron chi connectivity index (χ4n) is 5.30. The van der Waals surface area contributed by atoms with Gasteiger partial charge in [0.1, 0.15) is 5.57 Å². The molecule has 3 aliphatic rings. The Morgan fingerprint density at radius 3 is 2.63 bits per heavy atom. The summed E-state index contributed by atoms with van der Waals surface area (Å²) in [6.07, 6.45) is 2.41. The third kappa shape index (κ3) is 3.82. The summed E-state index contributed by atoms with van der Waals surface area (Å²) in [5.41, 5.74) is 2.78. The number of hydrogen-bond donors (Lipinski definition) is 1. The first kappa shape index (κ1) is 23.2. The van der Waals surface area contributed by atoms with Crippen LogP contribution in [0.3, 0.4) is 0 Å². The van der Waals surface area contributed by atoms with E-state index in [0.29, 0.717) is 22.1 Å². The monoisotopic (exact) mass is 495 g/mol. The van der Waals surface area contributed by atoms with Gasteiger partial charge in [-0.05, 0) is 74.6 Å². The number of urea groups is 1. The fraction of sp³-hybridized carbons (Fsp3) is 0.346. The Labute approximate surface area is 208 Å². The third-order valence-corrected chi connectivity index (χ3v) is 7.16. The quantitative estimate of drug-likeness (QED) is 0.484. The molecule has 35 heavy (non-hydrogen) atoms. The molecular formula is C26H26ClN3O5. The maximum Gasteiger partial charge on any atom is 0.335 e. The molecule has 1 N–H and O–H groups in total. The number of nitrogens with one attached hydrogen (secondary N) is 1. The van der Waals surface area contributed by atoms with Crippen LogP contribution in [0.15, 0.2) is 35.9 Å². The van der Waals surface area contributed by atoms with Crippen LogP contribution in [0.1, 0.15) is 51.2 Å². The van der Waals surface area contributed by atoms with Gasteiger partial charge in [-0.1, -0.05) is 18.5 Å². The molecule has 0 saturated carbocycles. The van der Waals surface area contributed by atoms with E-state index >= 15 is 0 Å². The number of carbonyl (C=O) groups excluding carboxylic acids is 3. The zero-order valence-corrected chi connectivity index (χ0v) is 20.7. The number of hydrogen-bond acceptors (Lipinski definition) is 6. The summed E-state index contributed by atoms with van der Waals surface area (Å²) < 4.78 is 10.7. The van der Waals surface area contributed by atoms with E-state index in [1.165, 1.54) is 12.1 Å². The van der Waals surface area contributed by atoms with Gasteiger partial charge in [0, 0.05) is 28.9 Å². The van der Waals surface area contributed by atoms with Gasteiger partial charge >= 0.3 is 6.03 Å². The summed E-state index contributed by atoms with van der Waals surface area (Å²) in [6, 6.07) is 7.71. The molecule has 5 rings (SSSR count). The Balaban J connectivity index is 1.55. The Kier molecular flexibility index (Phi) is 5.51. The normalized spacial score (nSPS) is 21.9. The molecule has 0 radical (unpaired) electrons. The van der Waals surface area contributed by atoms with Gasteiger partial charge in [0.25, 0.3) is 11.8 Å². The SMILES string of the molecule is CCN1c2cc(Cl)c(/C=C3/C(=O)NC(=O)N(c4ccc5c(c4)OCO5)C3=O)cc2C(C)CC1(C)C. The van der Waals surface area contributed by atoms with Gasteiger partial charge in [0.15, 0.2) is 11.5 Å². The molecule has 4 amide bonds. The number of fused-ring (bicyclic) bond motifs is 2. The highest BCUT2D eigenvalue weighted by atomic mass is 35.5. The Hall–Kier alpha value is -3.52. The molecule has 9 heteroatoms. The highest BCUT2D eigenvalue weighted by molar-refractivity contribution is 6.40. The molecule has 3 heterocycles. The molecule has 0 aliphatic carbocycles. The van der Waals surface area contributed by atoms with E-state index in [9.17, 15) is 14.4 Å². The molecule has 1 unspecified atom stereocenters. The third-order valence-electron chi connectivity index (χ3n) is 6.84. The van der Waals surface area contributed by atoms with Gasteiger partial charge in [-0.3, -0.25) is 14.9 Å². The number of benzene rings is 2. The van der Waals surface area contributed by atoms with E-state index in [2.05, 4.69) is 37.9 Å². The molecule has 3 aliphatic heterocycles. The lowest BCUT2D eigenvalue weighted by Crippen LogP contribution is -2.54. The van der Waals surface area contributed by atoms with Crippen LogP contribution in [-0.4, -0.2) is 36.7 Å². The van der Waals surface area contributed by atoms with Crippen molar-refractivity contribution in [1.29, 1.82) is 0 Å². The van der Waals surface area contributed by atoms with Crippen molar-refractivity contribution in [3.05, 3.63) is 52.1 Å². The first-order valence-corrected chi connectivity index (χ1v) is 11.9. The number of anilines is 2. The predicted molar refractivity (Wildman–Crippen MR) is 133 cm³/mol. The van der Waals surface area contributed by atoms with E-state index in [-0.39, 0.29) is 29.5 Å². The fourth-order valence-corrected chi connectivity index (χ4v) is 5.51. The number of halogens is 1. The van der Waals surface area contributed by atoms with Gasteiger partial charge < -0.3 is 14.4 Å². The van der Waals surface area contributed by atoms with Crippen LogP contribution in [0.4, 0.5) is 16.2 Å². The maximum atomic E-state index is 13.4. The molecule has 1 atom stereocenters. The number of imide groups is 2. The van der Waals surface area contributed by atoms with Crippen LogP contribution < -0.4 is 24.6 Å². The highest BCUT2D eigenvalue weighted by Crippen LogP contribution is 2.45. The number of carbonyl (C=O) groups is 3. The predicted octanol–water partition coefficient (Wildman–Crippen LogP) is 4.85. The molecule has 1 fully saturated rings. The van der Waals surface area contributed by atoms with Crippen molar-refractivity contribution < 1.29 is 23.9 Å². The minimum atomic E-state index is -0.831. The average molecular weight is 496 g/mol. The number of rotatable bonds is 3. The molecular weight excluding hydrogens is 470 g/mol. The van der Waals surface area contributed by atoms with Crippen LogP contribution in [0.2, 0.25) is 5.02 Å². The number of nitrogens with zero attached hydrogens (tertiary/aromatic N) is 2. The van der Waals surface area contributed by atoms with Crippen molar-refractivity contribution in [2.24, 2.45) is 0 Å². The van der Waals surface area contributed by atoms with Crippen LogP contribution in [-0.2, 0) is 9.59 Å². The Morgan fingerprint density at radius 1 is 1.14 bits per heavy atom. The maximum absolute atomic E-state index is 13.4. The zero-order chi connectivity index (χ0) is 25.1. The van der Waals surface area contributed by atoms with Gasteiger partial charge in [0.05, 0.1) is 5.69 Å². The summed E-state index contributed by atoms with van der Waals surface area (Å²) in [6.45, 7) is 9.59. The smallest absolute Gasteiger partial charge is 0.335 e. The molecule has 0 spiro atoms. The Bertz CT molecular complexity index is 1300. The van der Waals surface area contributed by atoms with Crippen molar-refractivity contribution in [2.75, 3.05) is 23.1 Å². The Morgan fingerprint density at radius 2 is 1.89 bits per heavy atom. The van der Waals surface area contributed by atoms with Crippen LogP contribution in [0.5, 0.6) is 11.5 Å². The minimum Gasteiger partial charge on any atom is -0.454 e. The second-order valence-electron chi connectivity index (χ2n) is 9.59. The second-order valence-corrected chi connectivity index (χ2v) is 10.00. The number of ether oxygens (including phenoxy) is 2. The van der Waals surface area contributed by atoms with Crippen molar-refractivity contribution >= 4 is 46.9 Å². The van der Waals surface area contributed by atoms with Crippen LogP contribution in [0.25, 0.3) is 6.08 Å². The lowest BCUT2D eigenvalue weighted by atomic mass is 9.79. The summed E-state index contributed by atoms with van der Waals surface area (Å²) >= 11 is 6.66. The topological polar surface area (TPSA) is 88.2 Å². The van der Waals surface area contributed by atoms with Gasteiger partial charge in [-0.15, -0.1) is 0 Å². The second kappa shape index (κ2) is 8.30. The summed E-state index contributed by atoms with van der Waals surface area (Å²) in [5, 5.41) is 2.67. The lowest BCUT2D eigenvalue weighted by Gasteiger charge is -2.47. The number of barbiturate groups is 1. The minimum absolute atomic E-state index is 0.0187. The first-order chi connectivity index (χ1) is 16.6. The molecule has 2 aromatic rings. The van der Waals surface area contributed by atoms with Crippen molar-refractivity contribution in [3.8, 4) is 11.5 Å². The van der Waals surface area contributed by atoms with E-state index < -0.39 is 17.8 Å². The van der Waals surface area contributed by atoms with E-state index in [1.807, 2.05) is 12.1 Å². The van der Waals surface area contributed by atoms with Crippen LogP contribution in [0, 0.1) is 0 Å². The standard InChI is InChI=1S/C26H26ClN3O5/c1-5-29-20-11-19(27)15(8-17(20)14(2)12-26(29,3)4)9-18-23(31)28-25(33)30(24(18)32)16-6-7-21-22(10-16)35-13-34-21/h6-11,14H,5,12-13H2,1-4H3,(H,28,31,33)/b18-9-. The molecule has 1 saturated heterocycles. The summed E-state index contributed by atoms with van der Waals surface area (Å²) in [5.74, 6) is -0.309. The highest BCUT2D eigenvalue weighted by Gasteiger charge is 2.39. The molecule has 0 bridgehead atoms. The largest absolute Gasteiger partial charge is 0.454 e. The van der Waals surface area contributed by atoms with Gasteiger partial charge in [0.2, 0.25) is 6.79 Å². The summed E-state index contributed by atoms with van der Waals surface area (Å²) in [7, 11) is 0. The summed E-state index contributed by atoms with van der Waals surface area (Å²) in [4.78, 5) is 41.9. The van der Waals surface area contributed by atoms with Gasteiger partial charge in [-0.25, -0.2) is 9.69 Å². The average Bonchev–Trinajstić information content (AvgIpc) is 3.25. The zero-order valence-electron chi connectivity index (χ0n) is 20.0. The molecule has 0 aromatic heterocycles. The molecule has 182 valence electrons. The van der Waals surface area contributed by atoms with Crippen molar-refractivity contribution in [1.82, 2.24) is 5.32 Å². The molecule has 8 nitrogen and oxygen atoms in total. The first-order valence-electron chi connectivity index (χ1n) is 11.5.